The van der Waals surface area contributed by atoms with Crippen molar-refractivity contribution < 1.29 is 19.0 Å². The van der Waals surface area contributed by atoms with Gasteiger partial charge in [0.25, 0.3) is 0 Å². The molecule has 7 rings (SSSR count). The summed E-state index contributed by atoms with van der Waals surface area (Å²) >= 11 is 0. The minimum atomic E-state index is -0.669. The van der Waals surface area contributed by atoms with E-state index in [4.69, 9.17) is 14.2 Å². The maximum Gasteiger partial charge on any atom is 0.319 e. The molecule has 3 fully saturated rings. The molecular formula is C29H34N2O4. The Labute approximate surface area is 206 Å². The van der Waals surface area contributed by atoms with Gasteiger partial charge in [-0.2, -0.15) is 0 Å². The number of hydrogen-bond donors (Lipinski definition) is 1. The molecule has 2 unspecified atom stereocenters. The second kappa shape index (κ2) is 8.99. The Morgan fingerprint density at radius 3 is 2.83 bits per heavy atom. The van der Waals surface area contributed by atoms with Crippen LogP contribution in [0.3, 0.4) is 0 Å². The molecule has 3 aromatic rings. The van der Waals surface area contributed by atoms with Gasteiger partial charge in [0.05, 0.1) is 20.8 Å². The van der Waals surface area contributed by atoms with E-state index in [1.54, 1.807) is 7.11 Å². The summed E-state index contributed by atoms with van der Waals surface area (Å²) in [6, 6.07) is 16.6. The molecule has 6 nitrogen and oxygen atoms in total. The van der Waals surface area contributed by atoms with E-state index in [1.807, 2.05) is 24.3 Å². The Morgan fingerprint density at radius 2 is 2.03 bits per heavy atom. The Morgan fingerprint density at radius 1 is 1.17 bits per heavy atom. The second-order valence-corrected chi connectivity index (χ2v) is 10.4. The fourth-order valence-corrected chi connectivity index (χ4v) is 7.31. The molecule has 35 heavy (non-hydrogen) atoms. The van der Waals surface area contributed by atoms with Crippen LogP contribution >= 0.6 is 0 Å². The lowest BCUT2D eigenvalue weighted by molar-refractivity contribution is -0.163. The van der Waals surface area contributed by atoms with Gasteiger partial charge in [-0.25, -0.2) is 0 Å². The fraction of sp³-hybridized carbons (Fsp3) is 0.483. The molecule has 2 aromatic carbocycles. The lowest BCUT2D eigenvalue weighted by atomic mass is 9.56. The maximum atomic E-state index is 13.7. The van der Waals surface area contributed by atoms with Crippen molar-refractivity contribution in [1.29, 1.82) is 0 Å². The predicted octanol–water partition coefficient (Wildman–Crippen LogP) is 4.46. The van der Waals surface area contributed by atoms with E-state index in [0.29, 0.717) is 25.0 Å². The number of hydrogen-bond acceptors (Lipinski definition) is 5. The molecule has 1 N–H and O–H groups in total. The normalized spacial score (nSPS) is 29.0. The molecule has 1 aromatic heterocycles. The first-order valence-corrected chi connectivity index (χ1v) is 12.8. The second-order valence-electron chi connectivity index (χ2n) is 10.4. The number of nitrogens with one attached hydrogen (secondary N) is 1. The minimum absolute atomic E-state index is 0.103. The van der Waals surface area contributed by atoms with Crippen LogP contribution in [0.25, 0.3) is 10.9 Å². The van der Waals surface area contributed by atoms with Crippen LogP contribution in [0.1, 0.15) is 36.1 Å². The smallest absolute Gasteiger partial charge is 0.319 e. The van der Waals surface area contributed by atoms with Crippen molar-refractivity contribution in [2.24, 2.45) is 11.8 Å². The van der Waals surface area contributed by atoms with Gasteiger partial charge in [0, 0.05) is 42.3 Å². The zero-order valence-electron chi connectivity index (χ0n) is 20.6. The third kappa shape index (κ3) is 3.66. The number of carbonyl (C=O) groups excluding carboxylic acids is 1. The van der Waals surface area contributed by atoms with Crippen LogP contribution in [0.15, 0.2) is 48.5 Å². The van der Waals surface area contributed by atoms with Crippen molar-refractivity contribution in [1.82, 2.24) is 9.88 Å². The molecule has 4 bridgehead atoms. The first-order chi connectivity index (χ1) is 17.1. The van der Waals surface area contributed by atoms with E-state index in [2.05, 4.69) is 34.1 Å². The first-order valence-electron chi connectivity index (χ1n) is 12.8. The van der Waals surface area contributed by atoms with E-state index < -0.39 is 5.41 Å². The van der Waals surface area contributed by atoms with E-state index in [1.165, 1.54) is 18.2 Å². The standard InChI is InChI=1S/C29H34N2O4/c1-33-22-8-9-25-24(15-22)23-10-12-31-17-20-14-21(11-13-35-18-19-6-4-3-5-7-19)27(31)29(16-20,26(23)30-25)28(32)34-2/h3-9,15,20-21,27,30H,10-14,16-18H2,1-2H3/t20-,21?,27-,29+/m0/s1. The van der Waals surface area contributed by atoms with Gasteiger partial charge in [-0.3, -0.25) is 9.69 Å². The number of carbonyl (C=O) groups is 1. The zero-order valence-corrected chi connectivity index (χ0v) is 20.6. The highest BCUT2D eigenvalue weighted by Crippen LogP contribution is 2.55. The molecule has 0 amide bonds. The van der Waals surface area contributed by atoms with Crippen LogP contribution in [0.2, 0.25) is 0 Å². The number of nitrogens with zero attached hydrogens (tertiary/aromatic N) is 1. The van der Waals surface area contributed by atoms with Crippen LogP contribution in [0.5, 0.6) is 5.75 Å². The van der Waals surface area contributed by atoms with Gasteiger partial charge in [-0.1, -0.05) is 30.3 Å². The van der Waals surface area contributed by atoms with Gasteiger partial charge in [0.2, 0.25) is 0 Å². The molecule has 3 aliphatic heterocycles. The molecule has 0 spiro atoms. The number of methoxy groups -OCH3 is 2. The van der Waals surface area contributed by atoms with Gasteiger partial charge in [-0.15, -0.1) is 0 Å². The number of piperidine rings is 2. The van der Waals surface area contributed by atoms with Crippen molar-refractivity contribution in [2.75, 3.05) is 33.9 Å². The van der Waals surface area contributed by atoms with Gasteiger partial charge < -0.3 is 19.2 Å². The van der Waals surface area contributed by atoms with Crippen LogP contribution in [0, 0.1) is 11.8 Å². The number of ether oxygens (including phenoxy) is 3. The summed E-state index contributed by atoms with van der Waals surface area (Å²) in [4.78, 5) is 20.0. The van der Waals surface area contributed by atoms with Crippen molar-refractivity contribution in [3.8, 4) is 5.75 Å². The lowest BCUT2D eigenvalue weighted by Crippen LogP contribution is -2.67. The molecule has 1 aliphatic carbocycles. The maximum absolute atomic E-state index is 13.7. The summed E-state index contributed by atoms with van der Waals surface area (Å²) < 4.78 is 17.2. The van der Waals surface area contributed by atoms with Crippen LogP contribution in [0.4, 0.5) is 0 Å². The average Bonchev–Trinajstić information content (AvgIpc) is 3.23. The van der Waals surface area contributed by atoms with Gasteiger partial charge in [0.1, 0.15) is 11.2 Å². The van der Waals surface area contributed by atoms with Crippen molar-refractivity contribution in [3.63, 3.8) is 0 Å². The van der Waals surface area contributed by atoms with E-state index in [9.17, 15) is 4.79 Å². The molecule has 4 aliphatic rings. The molecule has 1 saturated carbocycles. The quantitative estimate of drug-likeness (QED) is 0.405. The van der Waals surface area contributed by atoms with Crippen molar-refractivity contribution >= 4 is 16.9 Å². The molecule has 6 heteroatoms. The van der Waals surface area contributed by atoms with Gasteiger partial charge in [-0.05, 0) is 66.8 Å². The largest absolute Gasteiger partial charge is 0.497 e. The number of aromatic nitrogens is 1. The molecular weight excluding hydrogens is 440 g/mol. The van der Waals surface area contributed by atoms with Crippen LogP contribution in [-0.2, 0) is 32.7 Å². The third-order valence-corrected chi connectivity index (χ3v) is 8.59. The highest BCUT2D eigenvalue weighted by molar-refractivity contribution is 5.92. The van der Waals surface area contributed by atoms with Crippen LogP contribution in [-0.4, -0.2) is 55.8 Å². The van der Waals surface area contributed by atoms with E-state index in [-0.39, 0.29) is 12.0 Å². The Kier molecular flexibility index (Phi) is 5.81. The lowest BCUT2D eigenvalue weighted by Gasteiger charge is -2.58. The molecule has 184 valence electrons. The van der Waals surface area contributed by atoms with Crippen molar-refractivity contribution in [3.05, 3.63) is 65.4 Å². The van der Waals surface area contributed by atoms with Crippen LogP contribution < -0.4 is 4.74 Å². The zero-order chi connectivity index (χ0) is 24.0. The molecule has 0 radical (unpaired) electrons. The highest BCUT2D eigenvalue weighted by atomic mass is 16.5. The predicted molar refractivity (Wildman–Crippen MR) is 135 cm³/mol. The molecule has 2 saturated heterocycles. The summed E-state index contributed by atoms with van der Waals surface area (Å²) in [5.41, 5.74) is 3.91. The number of fused-ring (bicyclic) bond motifs is 4. The fourth-order valence-electron chi connectivity index (χ4n) is 7.31. The number of esters is 1. The third-order valence-electron chi connectivity index (χ3n) is 8.59. The number of aromatic amines is 1. The van der Waals surface area contributed by atoms with Crippen molar-refractivity contribution in [2.45, 2.75) is 43.7 Å². The number of H-pyrrole nitrogens is 1. The average molecular weight is 475 g/mol. The number of benzene rings is 2. The SMILES string of the molecule is COC(=O)[C@@]12C[C@@H]3CC(CCOCc4ccccc4)[C@@H]1N(CCc1c2[nH]c2ccc(OC)cc12)C3. The summed E-state index contributed by atoms with van der Waals surface area (Å²) in [5, 5.41) is 1.16. The Balaban J connectivity index is 1.34. The monoisotopic (exact) mass is 474 g/mol. The summed E-state index contributed by atoms with van der Waals surface area (Å²) in [5.74, 6) is 1.61. The van der Waals surface area contributed by atoms with E-state index in [0.717, 1.165) is 61.1 Å². The summed E-state index contributed by atoms with van der Waals surface area (Å²) in [7, 11) is 3.24. The van der Waals surface area contributed by atoms with E-state index >= 15 is 0 Å². The summed E-state index contributed by atoms with van der Waals surface area (Å²) in [6.07, 6.45) is 3.87. The topological polar surface area (TPSA) is 63.8 Å². The Bertz CT molecular complexity index is 1220. The molecule has 4 heterocycles. The summed E-state index contributed by atoms with van der Waals surface area (Å²) in [6.45, 7) is 3.35. The number of rotatable bonds is 7. The Hall–Kier alpha value is -2.83. The minimum Gasteiger partial charge on any atom is -0.497 e. The van der Waals surface area contributed by atoms with Gasteiger partial charge in [0.15, 0.2) is 0 Å². The first kappa shape index (κ1) is 22.6. The highest BCUT2D eigenvalue weighted by Gasteiger charge is 2.62. The van der Waals surface area contributed by atoms with Gasteiger partial charge >= 0.3 is 5.97 Å². The molecule has 5 atom stereocenters.